The lowest BCUT2D eigenvalue weighted by molar-refractivity contribution is -0.126. The predicted molar refractivity (Wildman–Crippen MR) is 74.6 cm³/mol. The number of hydrogen-bond acceptors (Lipinski definition) is 5. The van der Waals surface area contributed by atoms with E-state index in [1.165, 1.54) is 6.42 Å². The molecule has 116 valence electrons. The molecule has 1 unspecified atom stereocenters. The lowest BCUT2D eigenvalue weighted by Gasteiger charge is -2.29. The monoisotopic (exact) mass is 287 g/mol. The Morgan fingerprint density at radius 2 is 2.10 bits per heavy atom. The van der Waals surface area contributed by atoms with E-state index in [1.807, 2.05) is 0 Å². The van der Waals surface area contributed by atoms with Gasteiger partial charge in [-0.05, 0) is 18.8 Å². The topological polar surface area (TPSA) is 106 Å². The molecule has 1 amide bonds. The Kier molecular flexibility index (Phi) is 7.98. The molecule has 1 atom stereocenters. The summed E-state index contributed by atoms with van der Waals surface area (Å²) >= 11 is 0. The number of nitrogens with two attached hydrogens (primary N) is 1. The molecule has 0 radical (unpaired) electrons. The van der Waals surface area contributed by atoms with Crippen molar-refractivity contribution < 1.29 is 19.5 Å². The van der Waals surface area contributed by atoms with Crippen molar-refractivity contribution in [3.8, 4) is 0 Å². The third-order valence-corrected chi connectivity index (χ3v) is 3.54. The Balaban J connectivity index is 2.45. The number of carbonyl (C=O) groups is 1. The highest BCUT2D eigenvalue weighted by Crippen LogP contribution is 2.26. The molecular formula is C13H25N3O4. The summed E-state index contributed by atoms with van der Waals surface area (Å²) in [6.45, 7) is 0.756. The van der Waals surface area contributed by atoms with E-state index in [-0.39, 0.29) is 24.3 Å². The van der Waals surface area contributed by atoms with Gasteiger partial charge in [0.2, 0.25) is 5.91 Å². The standard InChI is InChI=1S/C13H25N3O4/c1-19-7-8-20-9-11(17)15-12(13(14)16-18)10-5-3-2-4-6-10/h10,12,18H,2-9H2,1H3,(H2,14,16)(H,15,17). The average Bonchev–Trinajstić information content (AvgIpc) is 2.49. The van der Waals surface area contributed by atoms with Crippen molar-refractivity contribution in [2.24, 2.45) is 16.8 Å². The minimum atomic E-state index is -0.418. The summed E-state index contributed by atoms with van der Waals surface area (Å²) < 4.78 is 9.98. The maximum absolute atomic E-state index is 11.8. The summed E-state index contributed by atoms with van der Waals surface area (Å²) in [5.41, 5.74) is 5.70. The van der Waals surface area contributed by atoms with Gasteiger partial charge in [-0.25, -0.2) is 0 Å². The van der Waals surface area contributed by atoms with E-state index in [9.17, 15) is 4.79 Å². The van der Waals surface area contributed by atoms with Gasteiger partial charge in [0.05, 0.1) is 19.3 Å². The molecule has 0 heterocycles. The Labute approximate surface area is 119 Å². The van der Waals surface area contributed by atoms with Crippen molar-refractivity contribution in [3.63, 3.8) is 0 Å². The van der Waals surface area contributed by atoms with Crippen LogP contribution in [-0.2, 0) is 14.3 Å². The Morgan fingerprint density at radius 1 is 1.40 bits per heavy atom. The number of carbonyl (C=O) groups excluding carboxylic acids is 1. The van der Waals surface area contributed by atoms with Gasteiger partial charge < -0.3 is 25.7 Å². The first kappa shape index (κ1) is 16.7. The van der Waals surface area contributed by atoms with Crippen LogP contribution in [0.3, 0.4) is 0 Å². The quantitative estimate of drug-likeness (QED) is 0.198. The predicted octanol–water partition coefficient (Wildman–Crippen LogP) is 0.461. The molecule has 1 aliphatic carbocycles. The highest BCUT2D eigenvalue weighted by atomic mass is 16.5. The normalized spacial score (nSPS) is 18.8. The van der Waals surface area contributed by atoms with Crippen LogP contribution < -0.4 is 11.1 Å². The lowest BCUT2D eigenvalue weighted by Crippen LogP contribution is -2.50. The van der Waals surface area contributed by atoms with Crippen LogP contribution >= 0.6 is 0 Å². The van der Waals surface area contributed by atoms with Gasteiger partial charge in [0, 0.05) is 7.11 Å². The van der Waals surface area contributed by atoms with Gasteiger partial charge in [-0.15, -0.1) is 0 Å². The minimum Gasteiger partial charge on any atom is -0.409 e. The van der Waals surface area contributed by atoms with E-state index in [0.29, 0.717) is 13.2 Å². The molecule has 0 aromatic heterocycles. The van der Waals surface area contributed by atoms with Crippen molar-refractivity contribution in [3.05, 3.63) is 0 Å². The van der Waals surface area contributed by atoms with Gasteiger partial charge in [0.25, 0.3) is 0 Å². The van der Waals surface area contributed by atoms with Crippen molar-refractivity contribution in [2.45, 2.75) is 38.1 Å². The molecule has 0 saturated heterocycles. The third-order valence-electron chi connectivity index (χ3n) is 3.54. The number of ether oxygens (including phenoxy) is 2. The molecule has 0 aromatic rings. The van der Waals surface area contributed by atoms with Crippen LogP contribution in [0, 0.1) is 5.92 Å². The zero-order chi connectivity index (χ0) is 14.8. The molecule has 0 bridgehead atoms. The van der Waals surface area contributed by atoms with Crippen molar-refractivity contribution in [1.29, 1.82) is 0 Å². The summed E-state index contributed by atoms with van der Waals surface area (Å²) in [5.74, 6) is 0.0213. The van der Waals surface area contributed by atoms with Crippen molar-refractivity contribution >= 4 is 11.7 Å². The van der Waals surface area contributed by atoms with E-state index in [0.717, 1.165) is 25.7 Å². The smallest absolute Gasteiger partial charge is 0.246 e. The number of rotatable bonds is 8. The average molecular weight is 287 g/mol. The molecule has 1 aliphatic rings. The number of oxime groups is 1. The Hall–Kier alpha value is -1.34. The van der Waals surface area contributed by atoms with Crippen LogP contribution in [0.5, 0.6) is 0 Å². The zero-order valence-corrected chi connectivity index (χ0v) is 12.0. The second-order valence-corrected chi connectivity index (χ2v) is 5.01. The third kappa shape index (κ3) is 5.75. The van der Waals surface area contributed by atoms with Gasteiger partial charge in [-0.1, -0.05) is 24.4 Å². The van der Waals surface area contributed by atoms with Gasteiger partial charge >= 0.3 is 0 Å². The second-order valence-electron chi connectivity index (χ2n) is 5.01. The summed E-state index contributed by atoms with van der Waals surface area (Å²) in [4.78, 5) is 11.8. The van der Waals surface area contributed by atoms with Gasteiger partial charge in [-0.3, -0.25) is 4.79 Å². The molecule has 4 N–H and O–H groups in total. The lowest BCUT2D eigenvalue weighted by atomic mass is 9.83. The van der Waals surface area contributed by atoms with E-state index in [1.54, 1.807) is 7.11 Å². The SMILES string of the molecule is COCCOCC(=O)NC(C(N)=NO)C1CCCCC1. The first-order valence-electron chi connectivity index (χ1n) is 7.02. The Bertz CT molecular complexity index is 317. The van der Waals surface area contributed by atoms with E-state index < -0.39 is 6.04 Å². The van der Waals surface area contributed by atoms with Crippen LogP contribution in [0.25, 0.3) is 0 Å². The molecular weight excluding hydrogens is 262 g/mol. The first-order valence-corrected chi connectivity index (χ1v) is 7.02. The van der Waals surface area contributed by atoms with E-state index in [4.69, 9.17) is 20.4 Å². The van der Waals surface area contributed by atoms with Gasteiger partial charge in [-0.2, -0.15) is 0 Å². The first-order chi connectivity index (χ1) is 9.69. The second kappa shape index (κ2) is 9.55. The number of hydrogen-bond donors (Lipinski definition) is 3. The van der Waals surface area contributed by atoms with Crippen LogP contribution in [0.1, 0.15) is 32.1 Å². The number of nitrogens with one attached hydrogen (secondary N) is 1. The van der Waals surface area contributed by atoms with Crippen LogP contribution in [0.4, 0.5) is 0 Å². The summed E-state index contributed by atoms with van der Waals surface area (Å²) in [5, 5.41) is 14.7. The number of amides is 1. The molecule has 1 fully saturated rings. The van der Waals surface area contributed by atoms with Gasteiger partial charge in [0.1, 0.15) is 6.61 Å². The highest BCUT2D eigenvalue weighted by Gasteiger charge is 2.28. The largest absolute Gasteiger partial charge is 0.409 e. The number of nitrogens with zero attached hydrogens (tertiary/aromatic N) is 1. The minimum absolute atomic E-state index is 0.0503. The molecule has 0 spiro atoms. The van der Waals surface area contributed by atoms with Crippen molar-refractivity contribution in [1.82, 2.24) is 5.32 Å². The van der Waals surface area contributed by atoms with E-state index >= 15 is 0 Å². The van der Waals surface area contributed by atoms with Crippen molar-refractivity contribution in [2.75, 3.05) is 26.9 Å². The summed E-state index contributed by atoms with van der Waals surface area (Å²) in [6, 6.07) is -0.418. The fourth-order valence-electron chi connectivity index (χ4n) is 2.49. The van der Waals surface area contributed by atoms with Crippen LogP contribution in [0.2, 0.25) is 0 Å². The maximum atomic E-state index is 11.8. The highest BCUT2D eigenvalue weighted by molar-refractivity contribution is 5.90. The number of amidine groups is 1. The molecule has 0 aliphatic heterocycles. The molecule has 1 saturated carbocycles. The fraction of sp³-hybridized carbons (Fsp3) is 0.846. The molecule has 7 nitrogen and oxygen atoms in total. The molecule has 7 heteroatoms. The number of methoxy groups -OCH3 is 1. The maximum Gasteiger partial charge on any atom is 0.246 e. The Morgan fingerprint density at radius 3 is 2.70 bits per heavy atom. The zero-order valence-electron chi connectivity index (χ0n) is 12.0. The summed E-state index contributed by atoms with van der Waals surface area (Å²) in [7, 11) is 1.57. The van der Waals surface area contributed by atoms with Crippen LogP contribution in [0.15, 0.2) is 5.16 Å². The van der Waals surface area contributed by atoms with Gasteiger partial charge in [0.15, 0.2) is 5.84 Å². The fourth-order valence-corrected chi connectivity index (χ4v) is 2.49. The molecule has 0 aromatic carbocycles. The van der Waals surface area contributed by atoms with E-state index in [2.05, 4.69) is 10.5 Å². The van der Waals surface area contributed by atoms with Crippen LogP contribution in [-0.4, -0.2) is 49.9 Å². The summed E-state index contributed by atoms with van der Waals surface area (Å²) in [6.07, 6.45) is 5.38. The molecule has 20 heavy (non-hydrogen) atoms. The molecule has 1 rings (SSSR count).